The van der Waals surface area contributed by atoms with E-state index in [9.17, 15) is 9.18 Å². The Morgan fingerprint density at radius 3 is 3.00 bits per heavy atom. The van der Waals surface area contributed by atoms with Gasteiger partial charge in [-0.25, -0.2) is 4.39 Å². The molecule has 1 aromatic heterocycles. The van der Waals surface area contributed by atoms with Gasteiger partial charge in [0.05, 0.1) is 23.2 Å². The molecule has 6 nitrogen and oxygen atoms in total. The summed E-state index contributed by atoms with van der Waals surface area (Å²) in [5.74, 6) is -0.295. The molecule has 118 valence electrons. The van der Waals surface area contributed by atoms with E-state index in [0.29, 0.717) is 19.0 Å². The molecule has 0 radical (unpaired) electrons. The second-order valence-corrected chi connectivity index (χ2v) is 5.10. The van der Waals surface area contributed by atoms with Crippen LogP contribution < -0.4 is 5.32 Å². The standard InChI is InChI=1S/C14H16ClFN4O2/c1-9(13-19-17-8-20(13)5-6-22-2)18-14(21)11-4-3-10(16)7-12(11)15/h3-4,7-9H,5-6H2,1-2H3,(H,18,21). The Kier molecular flexibility index (Phi) is 5.46. The molecule has 0 aliphatic carbocycles. The zero-order valence-corrected chi connectivity index (χ0v) is 13.0. The third-order valence-corrected chi connectivity index (χ3v) is 3.41. The molecule has 1 N–H and O–H groups in total. The van der Waals surface area contributed by atoms with Crippen LogP contribution in [0.15, 0.2) is 24.5 Å². The lowest BCUT2D eigenvalue weighted by atomic mass is 10.2. The lowest BCUT2D eigenvalue weighted by Crippen LogP contribution is -2.29. The van der Waals surface area contributed by atoms with Crippen molar-refractivity contribution in [2.45, 2.75) is 19.5 Å². The number of hydrogen-bond acceptors (Lipinski definition) is 4. The van der Waals surface area contributed by atoms with E-state index < -0.39 is 11.7 Å². The molecule has 0 spiro atoms. The first-order valence-corrected chi connectivity index (χ1v) is 7.03. The molecule has 1 unspecified atom stereocenters. The van der Waals surface area contributed by atoms with Crippen LogP contribution in [0.5, 0.6) is 0 Å². The van der Waals surface area contributed by atoms with E-state index in [1.807, 2.05) is 0 Å². The van der Waals surface area contributed by atoms with E-state index in [1.165, 1.54) is 12.1 Å². The van der Waals surface area contributed by atoms with Crippen molar-refractivity contribution in [1.29, 1.82) is 0 Å². The lowest BCUT2D eigenvalue weighted by molar-refractivity contribution is 0.0937. The smallest absolute Gasteiger partial charge is 0.253 e. The Morgan fingerprint density at radius 1 is 1.55 bits per heavy atom. The van der Waals surface area contributed by atoms with Gasteiger partial charge in [-0.05, 0) is 25.1 Å². The van der Waals surface area contributed by atoms with Crippen molar-refractivity contribution in [2.24, 2.45) is 0 Å². The number of methoxy groups -OCH3 is 1. The van der Waals surface area contributed by atoms with Gasteiger partial charge in [0, 0.05) is 13.7 Å². The van der Waals surface area contributed by atoms with E-state index in [0.717, 1.165) is 6.07 Å². The summed E-state index contributed by atoms with van der Waals surface area (Å²) in [6.07, 6.45) is 1.57. The minimum Gasteiger partial charge on any atom is -0.383 e. The maximum Gasteiger partial charge on any atom is 0.253 e. The zero-order valence-electron chi connectivity index (χ0n) is 12.2. The number of halogens is 2. The highest BCUT2D eigenvalue weighted by Gasteiger charge is 2.18. The predicted octanol–water partition coefficient (Wildman–Crippen LogP) is 2.21. The second kappa shape index (κ2) is 7.33. The third-order valence-electron chi connectivity index (χ3n) is 3.09. The summed E-state index contributed by atoms with van der Waals surface area (Å²) in [7, 11) is 1.60. The van der Waals surface area contributed by atoms with Crippen LogP contribution in [0.1, 0.15) is 29.1 Å². The van der Waals surface area contributed by atoms with Gasteiger partial charge in [-0.1, -0.05) is 11.6 Å². The van der Waals surface area contributed by atoms with Crippen LogP contribution in [-0.2, 0) is 11.3 Å². The number of nitrogens with one attached hydrogen (secondary N) is 1. The molecule has 0 aliphatic heterocycles. The molecule has 0 fully saturated rings. The maximum absolute atomic E-state index is 13.0. The fraction of sp³-hybridized carbons (Fsp3) is 0.357. The van der Waals surface area contributed by atoms with Gasteiger partial charge in [-0.3, -0.25) is 4.79 Å². The molecule has 8 heteroatoms. The van der Waals surface area contributed by atoms with Gasteiger partial charge >= 0.3 is 0 Å². The molecular weight excluding hydrogens is 311 g/mol. The van der Waals surface area contributed by atoms with E-state index in [-0.39, 0.29) is 16.6 Å². The van der Waals surface area contributed by atoms with Crippen molar-refractivity contribution in [3.8, 4) is 0 Å². The third kappa shape index (κ3) is 3.80. The number of hydrogen-bond donors (Lipinski definition) is 1. The molecule has 1 amide bonds. The summed E-state index contributed by atoms with van der Waals surface area (Å²) < 4.78 is 19.8. The Hall–Kier alpha value is -1.99. The van der Waals surface area contributed by atoms with Crippen molar-refractivity contribution in [2.75, 3.05) is 13.7 Å². The normalized spacial score (nSPS) is 12.2. The summed E-state index contributed by atoms with van der Waals surface area (Å²) in [4.78, 5) is 12.2. The predicted molar refractivity (Wildman–Crippen MR) is 79.2 cm³/mol. The Morgan fingerprint density at radius 2 is 2.32 bits per heavy atom. The van der Waals surface area contributed by atoms with Crippen LogP contribution in [0.2, 0.25) is 5.02 Å². The fourth-order valence-corrected chi connectivity index (χ4v) is 2.23. The lowest BCUT2D eigenvalue weighted by Gasteiger charge is -2.15. The highest BCUT2D eigenvalue weighted by Crippen LogP contribution is 2.18. The van der Waals surface area contributed by atoms with Crippen LogP contribution in [0, 0.1) is 5.82 Å². The average Bonchev–Trinajstić information content (AvgIpc) is 2.93. The van der Waals surface area contributed by atoms with Gasteiger partial charge in [-0.2, -0.15) is 0 Å². The second-order valence-electron chi connectivity index (χ2n) is 4.69. The molecule has 0 bridgehead atoms. The first kappa shape index (κ1) is 16.4. The molecule has 1 aromatic carbocycles. The van der Waals surface area contributed by atoms with Crippen LogP contribution in [0.25, 0.3) is 0 Å². The number of aromatic nitrogens is 3. The Balaban J connectivity index is 2.09. The summed E-state index contributed by atoms with van der Waals surface area (Å²) in [5, 5.41) is 10.7. The van der Waals surface area contributed by atoms with Crippen LogP contribution in [0.4, 0.5) is 4.39 Å². The highest BCUT2D eigenvalue weighted by molar-refractivity contribution is 6.33. The van der Waals surface area contributed by atoms with Crippen molar-refractivity contribution >= 4 is 17.5 Å². The minimum absolute atomic E-state index is 0.0607. The van der Waals surface area contributed by atoms with Crippen LogP contribution in [0.3, 0.4) is 0 Å². The summed E-state index contributed by atoms with van der Waals surface area (Å²) in [6, 6.07) is 3.25. The summed E-state index contributed by atoms with van der Waals surface area (Å²) in [6.45, 7) is 2.87. The van der Waals surface area contributed by atoms with Crippen molar-refractivity contribution in [3.05, 3.63) is 46.8 Å². The first-order chi connectivity index (χ1) is 10.5. The molecule has 0 saturated carbocycles. The fourth-order valence-electron chi connectivity index (χ4n) is 1.97. The van der Waals surface area contributed by atoms with Gasteiger partial charge in [0.2, 0.25) is 0 Å². The van der Waals surface area contributed by atoms with E-state index in [2.05, 4.69) is 15.5 Å². The molecule has 2 rings (SSSR count). The number of ether oxygens (including phenoxy) is 1. The van der Waals surface area contributed by atoms with Gasteiger partial charge in [0.1, 0.15) is 12.1 Å². The van der Waals surface area contributed by atoms with Gasteiger partial charge in [0.25, 0.3) is 5.91 Å². The number of rotatable bonds is 6. The first-order valence-electron chi connectivity index (χ1n) is 6.65. The number of nitrogens with zero attached hydrogens (tertiary/aromatic N) is 3. The molecule has 0 saturated heterocycles. The maximum atomic E-state index is 13.0. The molecule has 1 heterocycles. The highest BCUT2D eigenvalue weighted by atomic mass is 35.5. The van der Waals surface area contributed by atoms with Gasteiger partial charge < -0.3 is 14.6 Å². The largest absolute Gasteiger partial charge is 0.383 e. The average molecular weight is 327 g/mol. The summed E-state index contributed by atoms with van der Waals surface area (Å²) in [5.41, 5.74) is 0.206. The Bertz CT molecular complexity index is 662. The van der Waals surface area contributed by atoms with Crippen molar-refractivity contribution in [3.63, 3.8) is 0 Å². The monoisotopic (exact) mass is 326 g/mol. The number of carbonyl (C=O) groups excluding carboxylic acids is 1. The quantitative estimate of drug-likeness (QED) is 0.883. The SMILES string of the molecule is COCCn1cnnc1C(C)NC(=O)c1ccc(F)cc1Cl. The molecular formula is C14H16ClFN4O2. The molecule has 1 atom stereocenters. The molecule has 0 aliphatic rings. The van der Waals surface area contributed by atoms with E-state index >= 15 is 0 Å². The Labute approximate surface area is 132 Å². The molecule has 2 aromatic rings. The number of carbonyl (C=O) groups is 1. The topological polar surface area (TPSA) is 69.0 Å². The van der Waals surface area contributed by atoms with E-state index in [4.69, 9.17) is 16.3 Å². The van der Waals surface area contributed by atoms with Crippen molar-refractivity contribution < 1.29 is 13.9 Å². The molecule has 22 heavy (non-hydrogen) atoms. The zero-order chi connectivity index (χ0) is 16.1. The van der Waals surface area contributed by atoms with Gasteiger partial charge in [0.15, 0.2) is 5.82 Å². The van der Waals surface area contributed by atoms with E-state index in [1.54, 1.807) is 24.9 Å². The van der Waals surface area contributed by atoms with Crippen molar-refractivity contribution in [1.82, 2.24) is 20.1 Å². The van der Waals surface area contributed by atoms with Gasteiger partial charge in [-0.15, -0.1) is 10.2 Å². The number of benzene rings is 1. The number of amides is 1. The van der Waals surface area contributed by atoms with Crippen LogP contribution >= 0.6 is 11.6 Å². The van der Waals surface area contributed by atoms with Crippen LogP contribution in [-0.4, -0.2) is 34.4 Å². The summed E-state index contributed by atoms with van der Waals surface area (Å²) >= 11 is 5.88. The minimum atomic E-state index is -0.492.